The van der Waals surface area contributed by atoms with E-state index in [1.165, 1.54) is 0 Å². The summed E-state index contributed by atoms with van der Waals surface area (Å²) < 4.78 is 0. The zero-order chi connectivity index (χ0) is 6.85. The number of benzene rings is 1. The summed E-state index contributed by atoms with van der Waals surface area (Å²) in [4.78, 5) is 0. The summed E-state index contributed by atoms with van der Waals surface area (Å²) in [6.07, 6.45) is 0. The van der Waals surface area contributed by atoms with Gasteiger partial charge >= 0.3 is 23.1 Å². The van der Waals surface area contributed by atoms with E-state index in [2.05, 4.69) is 0 Å². The summed E-state index contributed by atoms with van der Waals surface area (Å²) in [5.74, 6) is -0.437. The van der Waals surface area contributed by atoms with Gasteiger partial charge in [-0.3, -0.25) is 0 Å². The van der Waals surface area contributed by atoms with Crippen LogP contribution in [0.2, 0.25) is 0 Å². The van der Waals surface area contributed by atoms with Gasteiger partial charge in [-0.2, -0.15) is 0 Å². The third-order valence-electron chi connectivity index (χ3n) is 0.887. The molecule has 0 radical (unpaired) electrons. The van der Waals surface area contributed by atoms with Gasteiger partial charge in [0.05, 0.1) is 0 Å². The standard InChI is InChI=1S/C6H6O3.Mg.2H/c7-4-1-5(8)3-6(9)2-4;;;/h1-3,7-9H;;;/q;+2;2*-1. The maximum absolute atomic E-state index is 8.67. The van der Waals surface area contributed by atoms with Crippen molar-refractivity contribution in [3.8, 4) is 17.2 Å². The molecule has 0 aliphatic rings. The van der Waals surface area contributed by atoms with Gasteiger partial charge in [0.25, 0.3) is 0 Å². The van der Waals surface area contributed by atoms with Crippen molar-refractivity contribution in [3.05, 3.63) is 18.2 Å². The van der Waals surface area contributed by atoms with E-state index in [0.29, 0.717) is 0 Å². The summed E-state index contributed by atoms with van der Waals surface area (Å²) in [7, 11) is 0. The summed E-state index contributed by atoms with van der Waals surface area (Å²) >= 11 is 0. The molecule has 0 saturated heterocycles. The van der Waals surface area contributed by atoms with Crippen molar-refractivity contribution in [1.82, 2.24) is 0 Å². The molecule has 0 heterocycles. The van der Waals surface area contributed by atoms with E-state index in [9.17, 15) is 0 Å². The Bertz CT molecular complexity index is 182. The Labute approximate surface area is 77.1 Å². The van der Waals surface area contributed by atoms with Crippen LogP contribution in [-0.4, -0.2) is 38.4 Å². The number of phenols is 3. The van der Waals surface area contributed by atoms with Crippen LogP contribution in [0.4, 0.5) is 0 Å². The second-order valence-corrected chi connectivity index (χ2v) is 1.71. The first-order valence-electron chi connectivity index (χ1n) is 2.40. The number of rotatable bonds is 0. The molecular formula is C6H8MgO3. The van der Waals surface area contributed by atoms with Gasteiger partial charge in [0.2, 0.25) is 0 Å². The Hall–Kier alpha value is -0.614. The minimum Gasteiger partial charge on any atom is -1.00 e. The first-order valence-corrected chi connectivity index (χ1v) is 2.40. The molecule has 0 bridgehead atoms. The normalized spacial score (nSPS) is 8.40. The van der Waals surface area contributed by atoms with Crippen molar-refractivity contribution < 1.29 is 18.2 Å². The minimum atomic E-state index is -0.146. The van der Waals surface area contributed by atoms with Crippen molar-refractivity contribution in [2.75, 3.05) is 0 Å². The summed E-state index contributed by atoms with van der Waals surface area (Å²) in [5.41, 5.74) is 0. The molecule has 0 aromatic heterocycles. The molecule has 0 saturated carbocycles. The summed E-state index contributed by atoms with van der Waals surface area (Å²) in [5, 5.41) is 26.0. The first kappa shape index (κ1) is 9.39. The predicted octanol–water partition coefficient (Wildman–Crippen LogP) is 0.648. The Morgan fingerprint density at radius 2 is 1.00 bits per heavy atom. The van der Waals surface area contributed by atoms with Crippen LogP contribution in [0, 0.1) is 0 Å². The van der Waals surface area contributed by atoms with Crippen LogP contribution < -0.4 is 0 Å². The fourth-order valence-corrected chi connectivity index (χ4v) is 0.580. The summed E-state index contributed by atoms with van der Waals surface area (Å²) in [6.45, 7) is 0. The van der Waals surface area contributed by atoms with Gasteiger partial charge < -0.3 is 18.2 Å². The molecule has 0 amide bonds. The van der Waals surface area contributed by atoms with Crippen molar-refractivity contribution in [3.63, 3.8) is 0 Å². The van der Waals surface area contributed by atoms with Crippen molar-refractivity contribution >= 4 is 23.1 Å². The monoisotopic (exact) mass is 152 g/mol. The van der Waals surface area contributed by atoms with E-state index in [-0.39, 0.29) is 43.2 Å². The largest absolute Gasteiger partial charge is 2.00 e. The van der Waals surface area contributed by atoms with Crippen LogP contribution in [0.25, 0.3) is 0 Å². The van der Waals surface area contributed by atoms with Gasteiger partial charge in [-0.05, 0) is 0 Å². The molecule has 0 spiro atoms. The number of hydrogen-bond acceptors (Lipinski definition) is 3. The van der Waals surface area contributed by atoms with Crippen LogP contribution in [0.3, 0.4) is 0 Å². The molecule has 1 aromatic carbocycles. The molecule has 0 aliphatic heterocycles. The molecule has 10 heavy (non-hydrogen) atoms. The van der Waals surface area contributed by atoms with E-state index in [0.717, 1.165) is 18.2 Å². The van der Waals surface area contributed by atoms with Gasteiger partial charge in [-0.25, -0.2) is 0 Å². The zero-order valence-electron chi connectivity index (χ0n) is 7.28. The van der Waals surface area contributed by atoms with Crippen molar-refractivity contribution in [2.45, 2.75) is 0 Å². The van der Waals surface area contributed by atoms with Crippen molar-refractivity contribution in [1.29, 1.82) is 0 Å². The molecule has 1 aromatic rings. The fourth-order valence-electron chi connectivity index (χ4n) is 0.580. The Morgan fingerprint density at radius 3 is 1.20 bits per heavy atom. The Morgan fingerprint density at radius 1 is 0.800 bits per heavy atom. The maximum atomic E-state index is 8.67. The van der Waals surface area contributed by atoms with E-state index < -0.39 is 0 Å². The molecule has 0 unspecified atom stereocenters. The van der Waals surface area contributed by atoms with Crippen molar-refractivity contribution in [2.24, 2.45) is 0 Å². The average Bonchev–Trinajstić information content (AvgIpc) is 1.59. The number of aromatic hydroxyl groups is 3. The van der Waals surface area contributed by atoms with E-state index in [1.54, 1.807) is 0 Å². The zero-order valence-corrected chi connectivity index (χ0v) is 6.70. The second-order valence-electron chi connectivity index (χ2n) is 1.71. The van der Waals surface area contributed by atoms with Crippen LogP contribution in [0.5, 0.6) is 17.2 Å². The van der Waals surface area contributed by atoms with E-state index in [4.69, 9.17) is 15.3 Å². The fraction of sp³-hybridized carbons (Fsp3) is 0. The maximum Gasteiger partial charge on any atom is 2.00 e. The van der Waals surface area contributed by atoms with Crippen LogP contribution in [0.15, 0.2) is 18.2 Å². The smallest absolute Gasteiger partial charge is 1.00 e. The van der Waals surface area contributed by atoms with Crippen LogP contribution in [-0.2, 0) is 0 Å². The average molecular weight is 152 g/mol. The van der Waals surface area contributed by atoms with Crippen LogP contribution in [0.1, 0.15) is 2.85 Å². The third-order valence-corrected chi connectivity index (χ3v) is 0.887. The predicted molar refractivity (Wildman–Crippen MR) is 39.4 cm³/mol. The molecule has 1 rings (SSSR count). The molecule has 0 aliphatic carbocycles. The molecule has 3 N–H and O–H groups in total. The minimum absolute atomic E-state index is 0. The summed E-state index contributed by atoms with van der Waals surface area (Å²) in [6, 6.07) is 3.42. The quantitative estimate of drug-likeness (QED) is 0.478. The molecule has 52 valence electrons. The van der Waals surface area contributed by atoms with Gasteiger partial charge in [0.1, 0.15) is 17.2 Å². The van der Waals surface area contributed by atoms with Gasteiger partial charge in [-0.1, -0.05) is 0 Å². The molecule has 4 heteroatoms. The SMILES string of the molecule is Oc1cc(O)cc(O)c1.[H-].[H-].[Mg+2]. The van der Waals surface area contributed by atoms with E-state index >= 15 is 0 Å². The Kier molecular flexibility index (Phi) is 3.31. The van der Waals surface area contributed by atoms with E-state index in [1.807, 2.05) is 0 Å². The van der Waals surface area contributed by atoms with Gasteiger partial charge in [0, 0.05) is 18.2 Å². The molecule has 0 atom stereocenters. The number of phenolic OH excluding ortho intramolecular Hbond substituents is 3. The first-order chi connectivity index (χ1) is 4.18. The van der Waals surface area contributed by atoms with Gasteiger partial charge in [-0.15, -0.1) is 0 Å². The second kappa shape index (κ2) is 3.53. The topological polar surface area (TPSA) is 60.7 Å². The molecule has 3 nitrogen and oxygen atoms in total. The molecular weight excluding hydrogens is 144 g/mol. The molecule has 0 fully saturated rings. The third kappa shape index (κ3) is 2.32. The Balaban J connectivity index is -0.000000270. The van der Waals surface area contributed by atoms with Crippen LogP contribution >= 0.6 is 0 Å². The van der Waals surface area contributed by atoms with Gasteiger partial charge in [0.15, 0.2) is 0 Å². The number of hydrogen-bond donors (Lipinski definition) is 3.